The summed E-state index contributed by atoms with van der Waals surface area (Å²) in [4.78, 5) is 11.0. The van der Waals surface area contributed by atoms with Gasteiger partial charge < -0.3 is 16.2 Å². The Balaban J connectivity index is 2.98. The lowest BCUT2D eigenvalue weighted by atomic mass is 9.81. The van der Waals surface area contributed by atoms with Gasteiger partial charge in [0.05, 0.1) is 16.9 Å². The van der Waals surface area contributed by atoms with Crippen molar-refractivity contribution in [3.05, 3.63) is 23.8 Å². The average molecular weight is 264 g/mol. The minimum Gasteiger partial charge on any atom is -0.478 e. The van der Waals surface area contributed by atoms with Crippen molar-refractivity contribution < 1.29 is 9.90 Å². The molecule has 1 rings (SSSR count). The van der Waals surface area contributed by atoms with Crippen LogP contribution >= 0.6 is 0 Å². The minimum atomic E-state index is -0.948. The van der Waals surface area contributed by atoms with Gasteiger partial charge in [-0.05, 0) is 43.9 Å². The van der Waals surface area contributed by atoms with E-state index in [1.165, 1.54) is 6.07 Å². The van der Waals surface area contributed by atoms with Crippen LogP contribution in [-0.4, -0.2) is 16.6 Å². The maximum atomic E-state index is 11.0. The highest BCUT2D eigenvalue weighted by Gasteiger charge is 2.26. The first-order valence-corrected chi connectivity index (χ1v) is 6.41. The standard InChI is InChI=1S/C15H24N2O2/c1-14(2,3)9-15(4,5)17-12-8-10(13(18)19)6-7-11(12)16/h6-8,17H,9,16H2,1-5H3,(H,18,19). The number of nitrogens with two attached hydrogens (primary N) is 1. The second-order valence-electron chi connectivity index (χ2n) is 6.85. The molecule has 4 N–H and O–H groups in total. The quantitative estimate of drug-likeness (QED) is 0.726. The normalized spacial score (nSPS) is 12.3. The third-order valence-corrected chi connectivity index (χ3v) is 2.75. The topological polar surface area (TPSA) is 75.3 Å². The van der Waals surface area contributed by atoms with Crippen LogP contribution in [0.25, 0.3) is 0 Å². The van der Waals surface area contributed by atoms with Gasteiger partial charge in [0.25, 0.3) is 0 Å². The molecule has 1 aromatic rings. The molecule has 0 aliphatic carbocycles. The predicted octanol–water partition coefficient (Wildman–Crippen LogP) is 3.59. The van der Waals surface area contributed by atoms with Crippen molar-refractivity contribution in [3.8, 4) is 0 Å². The van der Waals surface area contributed by atoms with Crippen LogP contribution in [0.1, 0.15) is 51.4 Å². The van der Waals surface area contributed by atoms with E-state index in [1.807, 2.05) is 0 Å². The molecule has 4 heteroatoms. The Labute approximate surface area is 115 Å². The van der Waals surface area contributed by atoms with Crippen LogP contribution in [0.5, 0.6) is 0 Å². The van der Waals surface area contributed by atoms with Gasteiger partial charge in [0.2, 0.25) is 0 Å². The van der Waals surface area contributed by atoms with Crippen LogP contribution in [0.3, 0.4) is 0 Å². The van der Waals surface area contributed by atoms with Gasteiger partial charge in [0.15, 0.2) is 0 Å². The van der Waals surface area contributed by atoms with Crippen LogP contribution in [-0.2, 0) is 0 Å². The molecule has 0 heterocycles. The molecule has 4 nitrogen and oxygen atoms in total. The molecule has 0 bridgehead atoms. The van der Waals surface area contributed by atoms with Gasteiger partial charge in [0, 0.05) is 5.54 Å². The van der Waals surface area contributed by atoms with E-state index in [1.54, 1.807) is 12.1 Å². The van der Waals surface area contributed by atoms with Crippen LogP contribution in [0.2, 0.25) is 0 Å². The Kier molecular flexibility index (Phi) is 4.13. The smallest absolute Gasteiger partial charge is 0.335 e. The first kappa shape index (κ1) is 15.3. The van der Waals surface area contributed by atoms with E-state index >= 15 is 0 Å². The van der Waals surface area contributed by atoms with Crippen molar-refractivity contribution in [1.29, 1.82) is 0 Å². The summed E-state index contributed by atoms with van der Waals surface area (Å²) in [6.07, 6.45) is 0.941. The zero-order valence-electron chi connectivity index (χ0n) is 12.4. The van der Waals surface area contributed by atoms with Crippen molar-refractivity contribution in [1.82, 2.24) is 0 Å². The van der Waals surface area contributed by atoms with Gasteiger partial charge in [-0.3, -0.25) is 0 Å². The molecule has 0 saturated heterocycles. The van der Waals surface area contributed by atoms with Gasteiger partial charge >= 0.3 is 5.97 Å². The lowest BCUT2D eigenvalue weighted by Gasteiger charge is -2.34. The number of benzene rings is 1. The molecule has 0 unspecified atom stereocenters. The zero-order chi connectivity index (χ0) is 14.8. The Morgan fingerprint density at radius 3 is 2.32 bits per heavy atom. The minimum absolute atomic E-state index is 0.163. The summed E-state index contributed by atoms with van der Waals surface area (Å²) in [5.74, 6) is -0.948. The predicted molar refractivity (Wildman–Crippen MR) is 79.6 cm³/mol. The molecule has 0 spiro atoms. The summed E-state index contributed by atoms with van der Waals surface area (Å²) in [5.41, 5.74) is 7.39. The maximum Gasteiger partial charge on any atom is 0.335 e. The fourth-order valence-electron chi connectivity index (χ4n) is 2.53. The molecule has 0 saturated carbocycles. The van der Waals surface area contributed by atoms with Crippen molar-refractivity contribution in [2.45, 2.75) is 46.6 Å². The number of rotatable bonds is 4. The van der Waals surface area contributed by atoms with E-state index in [0.717, 1.165) is 6.42 Å². The number of nitrogens with one attached hydrogen (secondary N) is 1. The van der Waals surface area contributed by atoms with Gasteiger partial charge in [-0.2, -0.15) is 0 Å². The summed E-state index contributed by atoms with van der Waals surface area (Å²) < 4.78 is 0. The average Bonchev–Trinajstić information content (AvgIpc) is 2.16. The van der Waals surface area contributed by atoms with Gasteiger partial charge in [0.1, 0.15) is 0 Å². The molecular formula is C15H24N2O2. The Hall–Kier alpha value is -1.71. The van der Waals surface area contributed by atoms with E-state index < -0.39 is 5.97 Å². The highest BCUT2D eigenvalue weighted by Crippen LogP contribution is 2.31. The molecule has 0 aromatic heterocycles. The number of aromatic carboxylic acids is 1. The SMILES string of the molecule is CC(C)(C)CC(C)(C)Nc1cc(C(=O)O)ccc1N. The van der Waals surface area contributed by atoms with E-state index in [4.69, 9.17) is 10.8 Å². The van der Waals surface area contributed by atoms with Crippen molar-refractivity contribution in [2.24, 2.45) is 5.41 Å². The maximum absolute atomic E-state index is 11.0. The number of hydrogen-bond donors (Lipinski definition) is 3. The van der Waals surface area contributed by atoms with Crippen molar-refractivity contribution in [3.63, 3.8) is 0 Å². The second kappa shape index (κ2) is 5.11. The van der Waals surface area contributed by atoms with Crippen LogP contribution in [0.4, 0.5) is 11.4 Å². The van der Waals surface area contributed by atoms with Crippen LogP contribution < -0.4 is 11.1 Å². The fourth-order valence-corrected chi connectivity index (χ4v) is 2.53. The first-order valence-electron chi connectivity index (χ1n) is 6.41. The van der Waals surface area contributed by atoms with Gasteiger partial charge in [-0.25, -0.2) is 4.79 Å². The molecule has 106 valence electrons. The largest absolute Gasteiger partial charge is 0.478 e. The summed E-state index contributed by atoms with van der Waals surface area (Å²) in [5, 5.41) is 12.4. The molecule has 0 fully saturated rings. The summed E-state index contributed by atoms with van der Waals surface area (Å²) in [6.45, 7) is 10.7. The number of carbonyl (C=O) groups is 1. The lowest BCUT2D eigenvalue weighted by molar-refractivity contribution is 0.0697. The molecule has 0 radical (unpaired) electrons. The number of carboxylic acids is 1. The van der Waals surface area contributed by atoms with Crippen LogP contribution in [0, 0.1) is 5.41 Å². The zero-order valence-corrected chi connectivity index (χ0v) is 12.4. The fraction of sp³-hybridized carbons (Fsp3) is 0.533. The summed E-state index contributed by atoms with van der Waals surface area (Å²) in [7, 11) is 0. The molecule has 19 heavy (non-hydrogen) atoms. The van der Waals surface area contributed by atoms with Crippen molar-refractivity contribution in [2.75, 3.05) is 11.1 Å². The summed E-state index contributed by atoms with van der Waals surface area (Å²) in [6, 6.07) is 4.72. The highest BCUT2D eigenvalue weighted by atomic mass is 16.4. The number of nitrogen functional groups attached to an aromatic ring is 1. The highest BCUT2D eigenvalue weighted by molar-refractivity contribution is 5.90. The van der Waals surface area contributed by atoms with Gasteiger partial charge in [-0.1, -0.05) is 20.8 Å². The monoisotopic (exact) mass is 264 g/mol. The van der Waals surface area contributed by atoms with E-state index in [2.05, 4.69) is 39.9 Å². The summed E-state index contributed by atoms with van der Waals surface area (Å²) >= 11 is 0. The first-order chi connectivity index (χ1) is 8.50. The molecule has 0 aliphatic rings. The lowest BCUT2D eigenvalue weighted by Crippen LogP contribution is -2.35. The number of carboxylic acid groups (broad SMARTS) is 1. The molecular weight excluding hydrogens is 240 g/mol. The third kappa shape index (κ3) is 4.81. The third-order valence-electron chi connectivity index (χ3n) is 2.75. The molecule has 0 atom stereocenters. The number of hydrogen-bond acceptors (Lipinski definition) is 3. The Bertz CT molecular complexity index is 474. The second-order valence-corrected chi connectivity index (χ2v) is 6.85. The Morgan fingerprint density at radius 2 is 1.84 bits per heavy atom. The molecule has 0 amide bonds. The van der Waals surface area contributed by atoms with Crippen molar-refractivity contribution >= 4 is 17.3 Å². The molecule has 1 aromatic carbocycles. The molecule has 0 aliphatic heterocycles. The Morgan fingerprint density at radius 1 is 1.26 bits per heavy atom. The van der Waals surface area contributed by atoms with E-state index in [0.29, 0.717) is 11.4 Å². The number of anilines is 2. The van der Waals surface area contributed by atoms with Gasteiger partial charge in [-0.15, -0.1) is 0 Å². The van der Waals surface area contributed by atoms with E-state index in [9.17, 15) is 4.79 Å². The van der Waals surface area contributed by atoms with Crippen LogP contribution in [0.15, 0.2) is 18.2 Å². The van der Waals surface area contributed by atoms with E-state index in [-0.39, 0.29) is 16.5 Å².